The van der Waals surface area contributed by atoms with Crippen LogP contribution in [0.15, 0.2) is 6.20 Å². The van der Waals surface area contributed by atoms with E-state index in [1.165, 1.54) is 6.20 Å². The van der Waals surface area contributed by atoms with Crippen molar-refractivity contribution in [2.24, 2.45) is 5.41 Å². The van der Waals surface area contributed by atoms with Gasteiger partial charge in [0.05, 0.1) is 16.9 Å². The summed E-state index contributed by atoms with van der Waals surface area (Å²) in [5.74, 6) is 0.286. The zero-order valence-electron chi connectivity index (χ0n) is 13.0. The Morgan fingerprint density at radius 3 is 2.50 bits per heavy atom. The van der Waals surface area contributed by atoms with Gasteiger partial charge in [-0.25, -0.2) is 14.8 Å². The fraction of sp³-hybridized carbons (Fsp3) is 0.667. The molecule has 0 aromatic carbocycles. The number of carbonyl (C=O) groups is 1. The normalized spacial score (nSPS) is 27.8. The molecule has 0 spiro atoms. The Labute approximate surface area is 119 Å². The number of carbonyl (C=O) groups excluding carboxylic acids is 1. The highest BCUT2D eigenvalue weighted by Crippen LogP contribution is 2.53. The summed E-state index contributed by atoms with van der Waals surface area (Å²) in [6.07, 6.45) is 2.08. The van der Waals surface area contributed by atoms with E-state index in [4.69, 9.17) is 9.47 Å². The van der Waals surface area contributed by atoms with Gasteiger partial charge in [0.1, 0.15) is 11.9 Å². The monoisotopic (exact) mass is 278 g/mol. The van der Waals surface area contributed by atoms with E-state index in [0.29, 0.717) is 23.5 Å². The summed E-state index contributed by atoms with van der Waals surface area (Å²) in [6.45, 7) is 9.72. The maximum atomic E-state index is 12.2. The molecule has 0 bridgehead atoms. The SMILES string of the molecule is CO[C@@]1(C)C[C@H](OC(=O)c2cnc(C)nc2C)C1(C)C. The van der Waals surface area contributed by atoms with Crippen LogP contribution in [0, 0.1) is 19.3 Å². The smallest absolute Gasteiger partial charge is 0.341 e. The first kappa shape index (κ1) is 14.9. The minimum absolute atomic E-state index is 0.152. The second-order valence-corrected chi connectivity index (χ2v) is 6.17. The maximum Gasteiger partial charge on any atom is 0.341 e. The van der Waals surface area contributed by atoms with Gasteiger partial charge in [-0.3, -0.25) is 0 Å². The fourth-order valence-electron chi connectivity index (χ4n) is 2.59. The van der Waals surface area contributed by atoms with Crippen molar-refractivity contribution < 1.29 is 14.3 Å². The number of esters is 1. The fourth-order valence-corrected chi connectivity index (χ4v) is 2.59. The molecule has 2 rings (SSSR count). The lowest BCUT2D eigenvalue weighted by Crippen LogP contribution is -2.64. The zero-order chi connectivity index (χ0) is 15.1. The lowest BCUT2D eigenvalue weighted by Gasteiger charge is -2.57. The highest BCUT2D eigenvalue weighted by atomic mass is 16.6. The van der Waals surface area contributed by atoms with Crippen molar-refractivity contribution in [1.29, 1.82) is 0 Å². The highest BCUT2D eigenvalue weighted by Gasteiger charge is 2.60. The second kappa shape index (κ2) is 4.81. The van der Waals surface area contributed by atoms with E-state index in [2.05, 4.69) is 23.8 Å². The summed E-state index contributed by atoms with van der Waals surface area (Å²) in [6, 6.07) is 0. The first-order valence-electron chi connectivity index (χ1n) is 6.77. The van der Waals surface area contributed by atoms with Crippen molar-refractivity contribution in [3.05, 3.63) is 23.3 Å². The summed E-state index contributed by atoms with van der Waals surface area (Å²) in [4.78, 5) is 20.5. The van der Waals surface area contributed by atoms with Crippen molar-refractivity contribution in [3.63, 3.8) is 0 Å². The van der Waals surface area contributed by atoms with Crippen molar-refractivity contribution in [3.8, 4) is 0 Å². The predicted molar refractivity (Wildman–Crippen MR) is 74.5 cm³/mol. The lowest BCUT2D eigenvalue weighted by molar-refractivity contribution is -0.229. The van der Waals surface area contributed by atoms with Gasteiger partial charge < -0.3 is 9.47 Å². The molecule has 1 aromatic rings. The van der Waals surface area contributed by atoms with E-state index in [1.54, 1.807) is 21.0 Å². The molecule has 5 nitrogen and oxygen atoms in total. The molecule has 0 aliphatic heterocycles. The molecule has 1 aliphatic carbocycles. The Morgan fingerprint density at radius 2 is 2.00 bits per heavy atom. The summed E-state index contributed by atoms with van der Waals surface area (Å²) >= 11 is 0. The van der Waals surface area contributed by atoms with Gasteiger partial charge >= 0.3 is 5.97 Å². The van der Waals surface area contributed by atoms with Gasteiger partial charge in [0, 0.05) is 25.1 Å². The van der Waals surface area contributed by atoms with Crippen molar-refractivity contribution in [1.82, 2.24) is 9.97 Å². The summed E-state index contributed by atoms with van der Waals surface area (Å²) < 4.78 is 11.1. The van der Waals surface area contributed by atoms with Crippen LogP contribution in [0.1, 0.15) is 49.1 Å². The van der Waals surface area contributed by atoms with Crippen LogP contribution in [0.4, 0.5) is 0 Å². The number of aromatic nitrogens is 2. The number of methoxy groups -OCH3 is 1. The number of hydrogen-bond acceptors (Lipinski definition) is 5. The summed E-state index contributed by atoms with van der Waals surface area (Å²) in [7, 11) is 1.69. The highest BCUT2D eigenvalue weighted by molar-refractivity contribution is 5.90. The van der Waals surface area contributed by atoms with E-state index >= 15 is 0 Å². The number of aryl methyl sites for hydroxylation is 2. The van der Waals surface area contributed by atoms with Crippen molar-refractivity contribution >= 4 is 5.97 Å². The molecule has 1 heterocycles. The van der Waals surface area contributed by atoms with Gasteiger partial charge in [0.2, 0.25) is 0 Å². The zero-order valence-corrected chi connectivity index (χ0v) is 13.0. The van der Waals surface area contributed by atoms with E-state index < -0.39 is 0 Å². The Bertz CT molecular complexity index is 542. The third kappa shape index (κ3) is 2.20. The number of hydrogen-bond donors (Lipinski definition) is 0. The Morgan fingerprint density at radius 1 is 1.35 bits per heavy atom. The van der Waals surface area contributed by atoms with Gasteiger partial charge in [-0.05, 0) is 20.8 Å². The molecule has 1 fully saturated rings. The maximum absolute atomic E-state index is 12.2. The molecule has 0 N–H and O–H groups in total. The van der Waals surface area contributed by atoms with Crippen LogP contribution in [0.25, 0.3) is 0 Å². The topological polar surface area (TPSA) is 61.3 Å². The molecule has 0 amide bonds. The molecule has 1 aromatic heterocycles. The van der Waals surface area contributed by atoms with Gasteiger partial charge in [0.15, 0.2) is 0 Å². The van der Waals surface area contributed by atoms with Crippen LogP contribution < -0.4 is 0 Å². The standard InChI is InChI=1S/C15H22N2O3/c1-9-11(8-16-10(2)17-9)13(18)20-12-7-15(5,19-6)14(12,3)4/h8,12H,7H2,1-6H3/t12-,15-/m0/s1. The van der Waals surface area contributed by atoms with Gasteiger partial charge in [0.25, 0.3) is 0 Å². The third-order valence-corrected chi connectivity index (χ3v) is 4.76. The van der Waals surface area contributed by atoms with Crippen LogP contribution in [0.5, 0.6) is 0 Å². The van der Waals surface area contributed by atoms with Gasteiger partial charge in [-0.1, -0.05) is 13.8 Å². The Balaban J connectivity index is 2.11. The Hall–Kier alpha value is -1.49. The molecule has 0 radical (unpaired) electrons. The average Bonchev–Trinajstić information content (AvgIpc) is 2.37. The van der Waals surface area contributed by atoms with Crippen LogP contribution in [-0.2, 0) is 9.47 Å². The molecule has 110 valence electrons. The van der Waals surface area contributed by atoms with Crippen molar-refractivity contribution in [2.45, 2.75) is 52.7 Å². The number of nitrogens with zero attached hydrogens (tertiary/aromatic N) is 2. The molecule has 1 aliphatic rings. The van der Waals surface area contributed by atoms with Crippen LogP contribution in [0.3, 0.4) is 0 Å². The molecule has 0 saturated heterocycles. The molecule has 0 unspecified atom stereocenters. The summed E-state index contributed by atoms with van der Waals surface area (Å²) in [5, 5.41) is 0. The molecule has 20 heavy (non-hydrogen) atoms. The van der Waals surface area contributed by atoms with Crippen LogP contribution in [-0.4, -0.2) is 34.8 Å². The van der Waals surface area contributed by atoms with E-state index in [1.807, 2.05) is 6.92 Å². The third-order valence-electron chi connectivity index (χ3n) is 4.76. The minimum Gasteiger partial charge on any atom is -0.458 e. The first-order chi connectivity index (χ1) is 9.21. The molecule has 1 saturated carbocycles. The molecule has 5 heteroatoms. The van der Waals surface area contributed by atoms with Gasteiger partial charge in [-0.15, -0.1) is 0 Å². The number of rotatable bonds is 3. The Kier molecular flexibility index (Phi) is 3.58. The molecule has 2 atom stereocenters. The molecular weight excluding hydrogens is 256 g/mol. The summed E-state index contributed by atoms with van der Waals surface area (Å²) in [5.41, 5.74) is 0.611. The number of ether oxygens (including phenoxy) is 2. The van der Waals surface area contributed by atoms with Gasteiger partial charge in [-0.2, -0.15) is 0 Å². The predicted octanol–water partition coefficient (Wildman–Crippen LogP) is 2.45. The lowest BCUT2D eigenvalue weighted by atomic mass is 9.57. The van der Waals surface area contributed by atoms with E-state index in [9.17, 15) is 4.79 Å². The van der Waals surface area contributed by atoms with Crippen LogP contribution >= 0.6 is 0 Å². The second-order valence-electron chi connectivity index (χ2n) is 6.17. The largest absolute Gasteiger partial charge is 0.458 e. The van der Waals surface area contributed by atoms with E-state index in [-0.39, 0.29) is 23.1 Å². The average molecular weight is 278 g/mol. The molecular formula is C15H22N2O3. The van der Waals surface area contributed by atoms with Crippen molar-refractivity contribution in [2.75, 3.05) is 7.11 Å². The quantitative estimate of drug-likeness (QED) is 0.795. The minimum atomic E-state index is -0.362. The van der Waals surface area contributed by atoms with E-state index in [0.717, 1.165) is 0 Å². The first-order valence-corrected chi connectivity index (χ1v) is 6.77. The van der Waals surface area contributed by atoms with Crippen LogP contribution in [0.2, 0.25) is 0 Å².